The van der Waals surface area contributed by atoms with Gasteiger partial charge in [-0.15, -0.1) is 0 Å². The molecule has 0 aliphatic carbocycles. The molecule has 1 N–H and O–H groups in total. The molecule has 0 radical (unpaired) electrons. The third kappa shape index (κ3) is 2.58. The number of methoxy groups -OCH3 is 2. The minimum Gasteiger partial charge on any atom is -0.497 e. The lowest BCUT2D eigenvalue weighted by atomic mass is 9.85. The van der Waals surface area contributed by atoms with Gasteiger partial charge in [0.1, 0.15) is 5.75 Å². The number of rotatable bonds is 3. The van der Waals surface area contributed by atoms with Gasteiger partial charge in [-0.2, -0.15) is 0 Å². The normalized spacial score (nSPS) is 21.7. The molecular formula is C14H19NO3. The molecular weight excluding hydrogens is 230 g/mol. The Morgan fingerprint density at radius 2 is 2.22 bits per heavy atom. The minimum atomic E-state index is -0.164. The van der Waals surface area contributed by atoms with Crippen molar-refractivity contribution < 1.29 is 14.3 Å². The van der Waals surface area contributed by atoms with Crippen LogP contribution in [0.5, 0.6) is 5.75 Å². The van der Waals surface area contributed by atoms with Crippen LogP contribution in [-0.4, -0.2) is 26.2 Å². The van der Waals surface area contributed by atoms with E-state index in [1.165, 1.54) is 7.11 Å². The molecule has 0 aromatic heterocycles. The van der Waals surface area contributed by atoms with Gasteiger partial charge in [-0.3, -0.25) is 4.79 Å². The van der Waals surface area contributed by atoms with Gasteiger partial charge in [0, 0.05) is 11.7 Å². The molecule has 0 amide bonds. The first-order valence-corrected chi connectivity index (χ1v) is 6.15. The zero-order valence-electron chi connectivity index (χ0n) is 11.0. The third-order valence-electron chi connectivity index (χ3n) is 3.38. The van der Waals surface area contributed by atoms with Gasteiger partial charge >= 0.3 is 5.97 Å². The summed E-state index contributed by atoms with van der Waals surface area (Å²) >= 11 is 0. The summed E-state index contributed by atoms with van der Waals surface area (Å²) in [6.45, 7) is 2.12. The maximum atomic E-state index is 11.5. The van der Waals surface area contributed by atoms with Crippen molar-refractivity contribution in [2.75, 3.05) is 19.5 Å². The van der Waals surface area contributed by atoms with E-state index in [9.17, 15) is 4.79 Å². The summed E-state index contributed by atoms with van der Waals surface area (Å²) in [6, 6.07) is 6.30. The Balaban J connectivity index is 2.30. The van der Waals surface area contributed by atoms with Gasteiger partial charge in [0.05, 0.1) is 20.6 Å². The van der Waals surface area contributed by atoms with Crippen LogP contribution in [0.4, 0.5) is 5.69 Å². The van der Waals surface area contributed by atoms with E-state index in [-0.39, 0.29) is 11.9 Å². The lowest BCUT2D eigenvalue weighted by molar-refractivity contribution is -0.141. The molecule has 4 nitrogen and oxygen atoms in total. The summed E-state index contributed by atoms with van der Waals surface area (Å²) in [5.41, 5.74) is 2.22. The van der Waals surface area contributed by atoms with Crippen LogP contribution in [0.3, 0.4) is 0 Å². The third-order valence-corrected chi connectivity index (χ3v) is 3.38. The van der Waals surface area contributed by atoms with E-state index in [1.54, 1.807) is 7.11 Å². The Kier molecular flexibility index (Phi) is 3.75. The van der Waals surface area contributed by atoms with E-state index in [2.05, 4.69) is 12.2 Å². The monoisotopic (exact) mass is 249 g/mol. The summed E-state index contributed by atoms with van der Waals surface area (Å²) in [5.74, 6) is 0.849. The van der Waals surface area contributed by atoms with Gasteiger partial charge in [-0.05, 0) is 43.0 Å². The Bertz CT molecular complexity index is 445. The highest BCUT2D eigenvalue weighted by Gasteiger charge is 2.26. The summed E-state index contributed by atoms with van der Waals surface area (Å²) in [7, 11) is 3.08. The van der Waals surface area contributed by atoms with Gasteiger partial charge in [-0.25, -0.2) is 0 Å². The first-order valence-electron chi connectivity index (χ1n) is 6.15. The molecule has 0 fully saturated rings. The highest BCUT2D eigenvalue weighted by molar-refractivity contribution is 5.72. The van der Waals surface area contributed by atoms with Crippen LogP contribution in [0.2, 0.25) is 0 Å². The average Bonchev–Trinajstić information content (AvgIpc) is 2.38. The molecule has 1 heterocycles. The molecule has 18 heavy (non-hydrogen) atoms. The van der Waals surface area contributed by atoms with E-state index >= 15 is 0 Å². The zero-order valence-corrected chi connectivity index (χ0v) is 11.0. The molecule has 1 aromatic carbocycles. The van der Waals surface area contributed by atoms with Gasteiger partial charge < -0.3 is 14.8 Å². The summed E-state index contributed by atoms with van der Waals surface area (Å²) < 4.78 is 10.0. The van der Waals surface area contributed by atoms with Crippen LogP contribution in [0.15, 0.2) is 18.2 Å². The van der Waals surface area contributed by atoms with Crippen molar-refractivity contribution >= 4 is 11.7 Å². The summed E-state index contributed by atoms with van der Waals surface area (Å²) in [6.07, 6.45) is 1.35. The quantitative estimate of drug-likeness (QED) is 0.836. The Hall–Kier alpha value is -1.71. The number of carbonyl (C=O) groups excluding carboxylic acids is 1. The maximum Gasteiger partial charge on any atom is 0.306 e. The van der Waals surface area contributed by atoms with Crippen molar-refractivity contribution in [3.05, 3.63) is 23.8 Å². The topological polar surface area (TPSA) is 47.6 Å². The van der Waals surface area contributed by atoms with Crippen molar-refractivity contribution in [1.29, 1.82) is 0 Å². The van der Waals surface area contributed by atoms with E-state index in [1.807, 2.05) is 18.2 Å². The molecule has 2 atom stereocenters. The molecule has 0 saturated heterocycles. The minimum absolute atomic E-state index is 0.164. The number of carbonyl (C=O) groups is 1. The van der Waals surface area contributed by atoms with Crippen LogP contribution < -0.4 is 10.1 Å². The van der Waals surface area contributed by atoms with Gasteiger partial charge in [0.2, 0.25) is 0 Å². The predicted molar refractivity (Wildman–Crippen MR) is 70.1 cm³/mol. The smallest absolute Gasteiger partial charge is 0.306 e. The number of nitrogens with one attached hydrogen (secondary N) is 1. The number of esters is 1. The van der Waals surface area contributed by atoms with E-state index in [0.717, 1.165) is 23.4 Å². The van der Waals surface area contributed by atoms with Gasteiger partial charge in [0.15, 0.2) is 0 Å². The largest absolute Gasteiger partial charge is 0.497 e. The number of ether oxygens (including phenoxy) is 2. The van der Waals surface area contributed by atoms with Crippen molar-refractivity contribution in [3.8, 4) is 5.75 Å². The second-order valence-corrected chi connectivity index (χ2v) is 4.71. The fourth-order valence-electron chi connectivity index (χ4n) is 2.49. The SMILES string of the molecule is COC(=O)CC1CC(C)Nc2ccc(OC)cc21. The van der Waals surface area contributed by atoms with Gasteiger partial charge in [0.25, 0.3) is 0 Å². The van der Waals surface area contributed by atoms with Crippen LogP contribution >= 0.6 is 0 Å². The number of anilines is 1. The Morgan fingerprint density at radius 1 is 1.44 bits per heavy atom. The Morgan fingerprint density at radius 3 is 2.89 bits per heavy atom. The highest BCUT2D eigenvalue weighted by atomic mass is 16.5. The van der Waals surface area contributed by atoms with Crippen molar-refractivity contribution in [1.82, 2.24) is 0 Å². The highest BCUT2D eigenvalue weighted by Crippen LogP contribution is 2.38. The standard InChI is InChI=1S/C14H19NO3/c1-9-6-10(7-14(16)18-3)12-8-11(17-2)4-5-13(12)15-9/h4-5,8-10,15H,6-7H2,1-3H3. The number of hydrogen-bond donors (Lipinski definition) is 1. The molecule has 0 spiro atoms. The van der Waals surface area contributed by atoms with Crippen LogP contribution in [-0.2, 0) is 9.53 Å². The molecule has 4 heteroatoms. The number of hydrogen-bond acceptors (Lipinski definition) is 4. The van der Waals surface area contributed by atoms with Crippen molar-refractivity contribution in [3.63, 3.8) is 0 Å². The van der Waals surface area contributed by atoms with Crippen molar-refractivity contribution in [2.24, 2.45) is 0 Å². The van der Waals surface area contributed by atoms with Crippen LogP contribution in [0, 0.1) is 0 Å². The molecule has 0 bridgehead atoms. The first kappa shape index (κ1) is 12.7. The summed E-state index contributed by atoms with van der Waals surface area (Å²) in [4.78, 5) is 11.5. The van der Waals surface area contributed by atoms with Crippen LogP contribution in [0.25, 0.3) is 0 Å². The molecule has 98 valence electrons. The summed E-state index contributed by atoms with van der Waals surface area (Å²) in [5, 5.41) is 3.42. The molecule has 1 aliphatic heterocycles. The molecule has 2 unspecified atom stereocenters. The molecule has 1 aliphatic rings. The first-order chi connectivity index (χ1) is 8.63. The van der Waals surface area contributed by atoms with E-state index in [0.29, 0.717) is 12.5 Å². The predicted octanol–water partition coefficient (Wildman–Crippen LogP) is 2.55. The van der Waals surface area contributed by atoms with Crippen molar-refractivity contribution in [2.45, 2.75) is 31.7 Å². The lowest BCUT2D eigenvalue weighted by Crippen LogP contribution is -2.26. The molecule has 1 aromatic rings. The van der Waals surface area contributed by atoms with E-state index in [4.69, 9.17) is 9.47 Å². The fraction of sp³-hybridized carbons (Fsp3) is 0.500. The fourth-order valence-corrected chi connectivity index (χ4v) is 2.49. The second-order valence-electron chi connectivity index (χ2n) is 4.71. The number of benzene rings is 1. The second kappa shape index (κ2) is 5.29. The van der Waals surface area contributed by atoms with E-state index < -0.39 is 0 Å². The van der Waals surface area contributed by atoms with Crippen LogP contribution in [0.1, 0.15) is 31.2 Å². The molecule has 0 saturated carbocycles. The average molecular weight is 249 g/mol. The number of fused-ring (bicyclic) bond motifs is 1. The maximum absolute atomic E-state index is 11.5. The van der Waals surface area contributed by atoms with Gasteiger partial charge in [-0.1, -0.05) is 0 Å². The Labute approximate surface area is 107 Å². The molecule has 2 rings (SSSR count). The lowest BCUT2D eigenvalue weighted by Gasteiger charge is -2.31. The zero-order chi connectivity index (χ0) is 13.1.